The summed E-state index contributed by atoms with van der Waals surface area (Å²) in [6, 6.07) is 9.61. The van der Waals surface area contributed by atoms with Crippen molar-refractivity contribution < 1.29 is 4.79 Å². The Labute approximate surface area is 118 Å². The Bertz CT molecular complexity index is 562. The van der Waals surface area contributed by atoms with E-state index in [4.69, 9.17) is 0 Å². The van der Waals surface area contributed by atoms with Gasteiger partial charge in [0.2, 0.25) is 0 Å². The van der Waals surface area contributed by atoms with Gasteiger partial charge in [-0.3, -0.25) is 9.79 Å². The largest absolute Gasteiger partial charge is 0.357 e. The molecule has 0 saturated carbocycles. The van der Waals surface area contributed by atoms with Crippen LogP contribution in [0.2, 0.25) is 0 Å². The fourth-order valence-corrected chi connectivity index (χ4v) is 2.21. The van der Waals surface area contributed by atoms with Crippen molar-refractivity contribution in [2.24, 2.45) is 9.98 Å². The molecule has 0 bridgehead atoms. The number of benzene rings is 1. The maximum absolute atomic E-state index is 12.7. The number of likely N-dealkylation sites (N-methyl/N-ethyl adjacent to an activating group) is 1. The molecular weight excluding hydrogens is 252 g/mol. The van der Waals surface area contributed by atoms with E-state index in [0.29, 0.717) is 24.5 Å². The van der Waals surface area contributed by atoms with Gasteiger partial charge in [0.15, 0.2) is 0 Å². The third kappa shape index (κ3) is 2.61. The average Bonchev–Trinajstić information content (AvgIpc) is 2.58. The molecular formula is C15H18N4O. The first-order chi connectivity index (χ1) is 9.69. The van der Waals surface area contributed by atoms with Crippen molar-refractivity contribution in [3.05, 3.63) is 41.7 Å². The maximum Gasteiger partial charge on any atom is 0.263 e. The van der Waals surface area contributed by atoms with E-state index in [1.165, 1.54) is 0 Å². The first kappa shape index (κ1) is 14.0. The Morgan fingerprint density at radius 3 is 2.55 bits per heavy atom. The van der Waals surface area contributed by atoms with Crippen molar-refractivity contribution in [2.75, 3.05) is 32.1 Å². The lowest BCUT2D eigenvalue weighted by atomic mass is 10.2. The summed E-state index contributed by atoms with van der Waals surface area (Å²) in [6.07, 6.45) is 1.55. The van der Waals surface area contributed by atoms with E-state index in [-0.39, 0.29) is 5.91 Å². The minimum atomic E-state index is -0.103. The van der Waals surface area contributed by atoms with Crippen LogP contribution in [0.25, 0.3) is 0 Å². The normalized spacial score (nSPS) is 16.8. The molecule has 1 heterocycles. The highest BCUT2D eigenvalue weighted by Gasteiger charge is 2.27. The summed E-state index contributed by atoms with van der Waals surface area (Å²) in [7, 11) is 3.54. The molecule has 0 saturated heterocycles. The van der Waals surface area contributed by atoms with Gasteiger partial charge in [0, 0.05) is 39.1 Å². The number of aliphatic imine (C=N–C) groups is 2. The summed E-state index contributed by atoms with van der Waals surface area (Å²) in [5, 5.41) is 0. The summed E-state index contributed by atoms with van der Waals surface area (Å²) < 4.78 is 0. The highest BCUT2D eigenvalue weighted by molar-refractivity contribution is 6.19. The van der Waals surface area contributed by atoms with Crippen LogP contribution in [0.15, 0.2) is 51.7 Å². The number of amides is 1. The second-order valence-corrected chi connectivity index (χ2v) is 4.50. The van der Waals surface area contributed by atoms with E-state index in [1.54, 1.807) is 18.2 Å². The summed E-state index contributed by atoms with van der Waals surface area (Å²) in [6.45, 7) is 4.85. The third-order valence-corrected chi connectivity index (χ3v) is 3.21. The van der Waals surface area contributed by atoms with Crippen LogP contribution in [0.4, 0.5) is 5.69 Å². The van der Waals surface area contributed by atoms with Crippen LogP contribution in [0.5, 0.6) is 0 Å². The van der Waals surface area contributed by atoms with Crippen molar-refractivity contribution in [3.8, 4) is 0 Å². The lowest BCUT2D eigenvalue weighted by Crippen LogP contribution is -2.34. The monoisotopic (exact) mass is 270 g/mol. The van der Waals surface area contributed by atoms with Crippen LogP contribution in [0, 0.1) is 0 Å². The average molecular weight is 270 g/mol. The number of carbonyl (C=O) groups excluding carboxylic acids is 1. The predicted octanol–water partition coefficient (Wildman–Crippen LogP) is 1.58. The molecule has 0 spiro atoms. The lowest BCUT2D eigenvalue weighted by molar-refractivity contribution is -0.114. The molecule has 104 valence electrons. The molecule has 1 aromatic rings. The molecule has 1 aromatic carbocycles. The summed E-state index contributed by atoms with van der Waals surface area (Å²) in [4.78, 5) is 24.3. The minimum Gasteiger partial charge on any atom is -0.357 e. The SMILES string of the molecule is C=NC1=C(C=NC)C(=O)N(c2ccccc2)CCN1C. The number of para-hydroxylation sites is 1. The van der Waals surface area contributed by atoms with Crippen LogP contribution in [0.1, 0.15) is 0 Å². The van der Waals surface area contributed by atoms with Crippen LogP contribution in [-0.2, 0) is 4.79 Å². The molecule has 1 aliphatic heterocycles. The summed E-state index contributed by atoms with van der Waals surface area (Å²) >= 11 is 0. The zero-order valence-corrected chi connectivity index (χ0v) is 11.8. The highest BCUT2D eigenvalue weighted by Crippen LogP contribution is 2.21. The maximum atomic E-state index is 12.7. The number of rotatable bonds is 3. The van der Waals surface area contributed by atoms with Gasteiger partial charge in [0.05, 0.1) is 0 Å². The zero-order valence-electron chi connectivity index (χ0n) is 11.8. The number of carbonyl (C=O) groups is 1. The summed E-state index contributed by atoms with van der Waals surface area (Å²) in [5.74, 6) is 0.465. The minimum absolute atomic E-state index is 0.103. The van der Waals surface area contributed by atoms with E-state index in [0.717, 1.165) is 5.69 Å². The van der Waals surface area contributed by atoms with Gasteiger partial charge in [-0.2, -0.15) is 0 Å². The van der Waals surface area contributed by atoms with E-state index in [1.807, 2.05) is 42.3 Å². The highest BCUT2D eigenvalue weighted by atomic mass is 16.2. The van der Waals surface area contributed by atoms with Gasteiger partial charge >= 0.3 is 0 Å². The van der Waals surface area contributed by atoms with Gasteiger partial charge in [-0.15, -0.1) is 0 Å². The topological polar surface area (TPSA) is 48.3 Å². The van der Waals surface area contributed by atoms with Crippen molar-refractivity contribution >= 4 is 24.5 Å². The van der Waals surface area contributed by atoms with Crippen molar-refractivity contribution in [1.82, 2.24) is 4.90 Å². The smallest absolute Gasteiger partial charge is 0.263 e. The van der Waals surface area contributed by atoms with Gasteiger partial charge < -0.3 is 9.80 Å². The van der Waals surface area contributed by atoms with E-state index in [2.05, 4.69) is 16.7 Å². The molecule has 0 N–H and O–H groups in total. The van der Waals surface area contributed by atoms with Gasteiger partial charge in [0.1, 0.15) is 11.4 Å². The predicted molar refractivity (Wildman–Crippen MR) is 82.4 cm³/mol. The molecule has 0 aromatic heterocycles. The first-order valence-electron chi connectivity index (χ1n) is 6.40. The standard InChI is InChI=1S/C15H18N4O/c1-16-11-13-14(17-2)18(3)9-10-19(15(13)20)12-7-5-4-6-8-12/h4-8,11H,2,9-10H2,1,3H3. The fraction of sp³-hybridized carbons (Fsp3) is 0.267. The van der Waals surface area contributed by atoms with Crippen molar-refractivity contribution in [3.63, 3.8) is 0 Å². The number of nitrogens with zero attached hydrogens (tertiary/aromatic N) is 4. The molecule has 5 nitrogen and oxygen atoms in total. The van der Waals surface area contributed by atoms with Crippen LogP contribution in [0.3, 0.4) is 0 Å². The number of hydrogen-bond acceptors (Lipinski definition) is 4. The van der Waals surface area contributed by atoms with E-state index >= 15 is 0 Å². The third-order valence-electron chi connectivity index (χ3n) is 3.21. The fourth-order valence-electron chi connectivity index (χ4n) is 2.21. The summed E-state index contributed by atoms with van der Waals surface area (Å²) in [5.41, 5.74) is 1.34. The van der Waals surface area contributed by atoms with Gasteiger partial charge in [-0.25, -0.2) is 4.99 Å². The number of anilines is 1. The molecule has 0 fully saturated rings. The Balaban J connectivity index is 2.48. The Hall–Kier alpha value is -2.43. The molecule has 5 heteroatoms. The molecule has 1 aliphatic rings. The molecule has 1 amide bonds. The molecule has 0 aliphatic carbocycles. The van der Waals surface area contributed by atoms with Gasteiger partial charge in [-0.05, 0) is 18.9 Å². The number of hydrogen-bond donors (Lipinski definition) is 0. The molecule has 0 atom stereocenters. The van der Waals surface area contributed by atoms with Crippen LogP contribution >= 0.6 is 0 Å². The van der Waals surface area contributed by atoms with E-state index < -0.39 is 0 Å². The Morgan fingerprint density at radius 1 is 1.25 bits per heavy atom. The van der Waals surface area contributed by atoms with Gasteiger partial charge in [0.25, 0.3) is 5.91 Å². The van der Waals surface area contributed by atoms with Crippen LogP contribution < -0.4 is 4.90 Å². The molecule has 0 unspecified atom stereocenters. The van der Waals surface area contributed by atoms with Crippen molar-refractivity contribution in [1.29, 1.82) is 0 Å². The van der Waals surface area contributed by atoms with Crippen LogP contribution in [-0.4, -0.2) is 50.9 Å². The lowest BCUT2D eigenvalue weighted by Gasteiger charge is -2.21. The second-order valence-electron chi connectivity index (χ2n) is 4.50. The molecule has 2 rings (SSSR count). The van der Waals surface area contributed by atoms with Gasteiger partial charge in [-0.1, -0.05) is 18.2 Å². The zero-order chi connectivity index (χ0) is 14.5. The Morgan fingerprint density at radius 2 is 1.95 bits per heavy atom. The van der Waals surface area contributed by atoms with E-state index in [9.17, 15) is 4.79 Å². The first-order valence-corrected chi connectivity index (χ1v) is 6.40. The Kier molecular flexibility index (Phi) is 4.30. The second kappa shape index (κ2) is 6.14. The van der Waals surface area contributed by atoms with Crippen molar-refractivity contribution in [2.45, 2.75) is 0 Å². The molecule has 0 radical (unpaired) electrons. The quantitative estimate of drug-likeness (QED) is 0.783. The molecule has 20 heavy (non-hydrogen) atoms.